The molecule has 11 nitrogen and oxygen atoms in total. The van der Waals surface area contributed by atoms with E-state index in [2.05, 4.69) is 20.6 Å². The minimum atomic E-state index is -0.568. The molecule has 1 aromatic heterocycles. The fraction of sp³-hybridized carbons (Fsp3) is 0.458. The number of aryl methyl sites for hydroxylation is 1. The number of anilines is 1. The third-order valence-corrected chi connectivity index (χ3v) is 4.66. The Bertz CT molecular complexity index is 1140. The molecule has 190 valence electrons. The summed E-state index contributed by atoms with van der Waals surface area (Å²) >= 11 is 0. The summed E-state index contributed by atoms with van der Waals surface area (Å²) in [7, 11) is 0. The van der Waals surface area contributed by atoms with Crippen LogP contribution in [0, 0.1) is 0 Å². The molecule has 0 atom stereocenters. The summed E-state index contributed by atoms with van der Waals surface area (Å²) in [6.07, 6.45) is 2.38. The molecule has 35 heavy (non-hydrogen) atoms. The van der Waals surface area contributed by atoms with Crippen LogP contribution in [0.25, 0.3) is 11.0 Å². The van der Waals surface area contributed by atoms with Crippen molar-refractivity contribution in [3.8, 4) is 0 Å². The molecule has 6 N–H and O–H groups in total. The van der Waals surface area contributed by atoms with Crippen LogP contribution in [0.5, 0.6) is 0 Å². The molecule has 1 heterocycles. The van der Waals surface area contributed by atoms with Crippen molar-refractivity contribution >= 4 is 40.6 Å². The first-order chi connectivity index (χ1) is 16.4. The van der Waals surface area contributed by atoms with E-state index in [1.165, 1.54) is 6.08 Å². The van der Waals surface area contributed by atoms with Gasteiger partial charge in [0.15, 0.2) is 0 Å². The number of unbranched alkanes of at least 4 members (excludes halogenated alkanes) is 1. The largest absolute Gasteiger partial charge is 0.444 e. The molecule has 0 aliphatic carbocycles. The molecule has 0 bridgehead atoms. The number of allylic oxidation sites excluding steroid dienone is 1. The van der Waals surface area contributed by atoms with Crippen molar-refractivity contribution in [3.63, 3.8) is 0 Å². The lowest BCUT2D eigenvalue weighted by atomic mass is 10.2. The van der Waals surface area contributed by atoms with Gasteiger partial charge in [-0.15, -0.1) is 0 Å². The van der Waals surface area contributed by atoms with Crippen molar-refractivity contribution < 1.29 is 19.1 Å². The number of amides is 3. The van der Waals surface area contributed by atoms with Crippen LogP contribution in [0.4, 0.5) is 10.7 Å². The van der Waals surface area contributed by atoms with Gasteiger partial charge in [-0.1, -0.05) is 0 Å². The smallest absolute Gasteiger partial charge is 0.407 e. The summed E-state index contributed by atoms with van der Waals surface area (Å²) in [5.41, 5.74) is 12.8. The predicted molar refractivity (Wildman–Crippen MR) is 136 cm³/mol. The molecule has 0 aliphatic heterocycles. The molecule has 0 unspecified atom stereocenters. The number of hydrogen-bond acceptors (Lipinski definition) is 7. The number of imidazole rings is 1. The molecule has 0 spiro atoms. The number of rotatable bonds is 10. The van der Waals surface area contributed by atoms with E-state index in [0.717, 1.165) is 5.52 Å². The zero-order valence-electron chi connectivity index (χ0n) is 21.0. The summed E-state index contributed by atoms with van der Waals surface area (Å²) in [6.45, 7) is 10.2. The molecule has 11 heteroatoms. The standard InChI is InChI=1S/C24H35N7O4/c1-6-27-18(13-15(2)25)21(33)30-22-29-17-14-16(20(26)32)9-10-19(17)31(22)12-8-7-11-28-23(34)35-24(3,4)5/h9-10,13-14H,6-8,11-12,25H2,1-5H3,(H2,26,32)(H,28,34)(H,29,30,33)/b15-13-,27-18?. The average molecular weight is 486 g/mol. The Labute approximate surface area is 205 Å². The van der Waals surface area contributed by atoms with Gasteiger partial charge in [-0.2, -0.15) is 0 Å². The first-order valence-electron chi connectivity index (χ1n) is 11.5. The maximum atomic E-state index is 12.9. The van der Waals surface area contributed by atoms with Gasteiger partial charge >= 0.3 is 6.09 Å². The number of aliphatic imine (C=N–C) groups is 1. The fourth-order valence-corrected chi connectivity index (χ4v) is 3.24. The third-order valence-electron chi connectivity index (χ3n) is 4.66. The molecule has 0 fully saturated rings. The van der Waals surface area contributed by atoms with Crippen LogP contribution in [0.15, 0.2) is 35.0 Å². The van der Waals surface area contributed by atoms with E-state index in [-0.39, 0.29) is 5.71 Å². The lowest BCUT2D eigenvalue weighted by Crippen LogP contribution is -2.33. The number of aromatic nitrogens is 2. The van der Waals surface area contributed by atoms with Gasteiger partial charge in [0.1, 0.15) is 11.3 Å². The molecule has 0 saturated carbocycles. The Balaban J connectivity index is 2.21. The summed E-state index contributed by atoms with van der Waals surface area (Å²) in [6, 6.07) is 4.93. The third kappa shape index (κ3) is 8.43. The summed E-state index contributed by atoms with van der Waals surface area (Å²) in [4.78, 5) is 45.0. The van der Waals surface area contributed by atoms with E-state index >= 15 is 0 Å². The Kier molecular flexibility index (Phi) is 9.38. The monoisotopic (exact) mass is 485 g/mol. The zero-order valence-corrected chi connectivity index (χ0v) is 21.0. The molecular formula is C24H35N7O4. The highest BCUT2D eigenvalue weighted by Crippen LogP contribution is 2.22. The lowest BCUT2D eigenvalue weighted by molar-refractivity contribution is -0.110. The highest BCUT2D eigenvalue weighted by molar-refractivity contribution is 6.47. The van der Waals surface area contributed by atoms with Gasteiger partial charge in [0.05, 0.1) is 11.0 Å². The van der Waals surface area contributed by atoms with Crippen LogP contribution in [-0.4, -0.2) is 51.9 Å². The molecule has 3 amide bonds. The second kappa shape index (κ2) is 12.0. The molecule has 0 radical (unpaired) electrons. The maximum absolute atomic E-state index is 12.9. The quantitative estimate of drug-likeness (QED) is 0.298. The minimum absolute atomic E-state index is 0.186. The van der Waals surface area contributed by atoms with Crippen LogP contribution in [0.3, 0.4) is 0 Å². The summed E-state index contributed by atoms with van der Waals surface area (Å²) in [5.74, 6) is -0.713. The number of primary amides is 1. The van der Waals surface area contributed by atoms with Crippen LogP contribution in [0.1, 0.15) is 57.8 Å². The van der Waals surface area contributed by atoms with Crippen LogP contribution in [0.2, 0.25) is 0 Å². The lowest BCUT2D eigenvalue weighted by Gasteiger charge is -2.19. The number of nitrogens with zero attached hydrogens (tertiary/aromatic N) is 3. The van der Waals surface area contributed by atoms with Crippen molar-refractivity contribution in [2.45, 2.75) is 59.6 Å². The molecular weight excluding hydrogens is 450 g/mol. The number of ether oxygens (including phenoxy) is 1. The van der Waals surface area contributed by atoms with Crippen molar-refractivity contribution in [2.75, 3.05) is 18.4 Å². The second-order valence-electron chi connectivity index (χ2n) is 8.99. The number of fused-ring (bicyclic) bond motifs is 1. The number of nitrogens with one attached hydrogen (secondary N) is 2. The van der Waals surface area contributed by atoms with Gasteiger partial charge in [0, 0.05) is 30.9 Å². The van der Waals surface area contributed by atoms with Crippen LogP contribution >= 0.6 is 0 Å². The van der Waals surface area contributed by atoms with Gasteiger partial charge in [-0.3, -0.25) is 19.9 Å². The number of nitrogens with two attached hydrogens (primary N) is 2. The van der Waals surface area contributed by atoms with Crippen molar-refractivity contribution in [1.82, 2.24) is 14.9 Å². The Morgan fingerprint density at radius 1 is 1.20 bits per heavy atom. The van der Waals surface area contributed by atoms with Crippen molar-refractivity contribution in [2.24, 2.45) is 16.5 Å². The van der Waals surface area contributed by atoms with E-state index in [1.54, 1.807) is 45.9 Å². The SMILES string of the molecule is CCN=C(/C=C(/C)N)C(=O)Nc1nc2cc(C(N)=O)ccc2n1CCCCNC(=O)OC(C)(C)C. The number of alkyl carbamates (subject to hydrolysis) is 1. The summed E-state index contributed by atoms with van der Waals surface area (Å²) in [5, 5.41) is 5.53. The maximum Gasteiger partial charge on any atom is 0.407 e. The van der Waals surface area contributed by atoms with E-state index in [1.807, 2.05) is 11.5 Å². The van der Waals surface area contributed by atoms with E-state index in [9.17, 15) is 14.4 Å². The van der Waals surface area contributed by atoms with Gasteiger partial charge < -0.3 is 26.1 Å². The highest BCUT2D eigenvalue weighted by atomic mass is 16.6. The van der Waals surface area contributed by atoms with Gasteiger partial charge in [-0.25, -0.2) is 9.78 Å². The summed E-state index contributed by atoms with van der Waals surface area (Å²) < 4.78 is 7.08. The van der Waals surface area contributed by atoms with Gasteiger partial charge in [0.2, 0.25) is 11.9 Å². The van der Waals surface area contributed by atoms with Crippen LogP contribution in [-0.2, 0) is 16.1 Å². The van der Waals surface area contributed by atoms with Gasteiger partial charge in [0.25, 0.3) is 5.91 Å². The Morgan fingerprint density at radius 3 is 2.51 bits per heavy atom. The minimum Gasteiger partial charge on any atom is -0.444 e. The number of carbonyl (C=O) groups is 3. The highest BCUT2D eigenvalue weighted by Gasteiger charge is 2.18. The topological polar surface area (TPSA) is 167 Å². The molecule has 0 aliphatic rings. The van der Waals surface area contributed by atoms with Gasteiger partial charge in [-0.05, 0) is 71.7 Å². The number of hydrogen-bond donors (Lipinski definition) is 4. The zero-order chi connectivity index (χ0) is 26.2. The fourth-order valence-electron chi connectivity index (χ4n) is 3.24. The van der Waals surface area contributed by atoms with E-state index in [4.69, 9.17) is 16.2 Å². The van der Waals surface area contributed by atoms with E-state index < -0.39 is 23.5 Å². The predicted octanol–water partition coefficient (Wildman–Crippen LogP) is 2.70. The Hall–Kier alpha value is -3.89. The van der Waals surface area contributed by atoms with Crippen molar-refractivity contribution in [1.29, 1.82) is 0 Å². The molecule has 2 aromatic rings. The first-order valence-corrected chi connectivity index (χ1v) is 11.5. The molecule has 2 rings (SSSR count). The first kappa shape index (κ1) is 27.4. The van der Waals surface area contributed by atoms with Crippen LogP contribution < -0.4 is 22.1 Å². The average Bonchev–Trinajstić information content (AvgIpc) is 3.07. The van der Waals surface area contributed by atoms with E-state index in [0.29, 0.717) is 55.2 Å². The molecule has 1 aromatic carbocycles. The Morgan fingerprint density at radius 2 is 1.91 bits per heavy atom. The number of carbonyl (C=O) groups excluding carboxylic acids is 3. The van der Waals surface area contributed by atoms with Crippen molar-refractivity contribution in [3.05, 3.63) is 35.5 Å². The normalized spacial score (nSPS) is 12.5. The molecule has 0 saturated heterocycles. The number of benzene rings is 1. The second-order valence-corrected chi connectivity index (χ2v) is 8.99.